The molecule has 0 unspecified atom stereocenters. The first-order valence-corrected chi connectivity index (χ1v) is 9.92. The van der Waals surface area contributed by atoms with Crippen LogP contribution < -0.4 is 10.9 Å². The van der Waals surface area contributed by atoms with Gasteiger partial charge in [0.1, 0.15) is 17.8 Å². The molecule has 0 saturated carbocycles. The summed E-state index contributed by atoms with van der Waals surface area (Å²) >= 11 is 0. The van der Waals surface area contributed by atoms with Crippen LogP contribution in [0.4, 0.5) is 14.6 Å². The quantitative estimate of drug-likeness (QED) is 0.469. The molecule has 1 N–H and O–H groups in total. The molecule has 0 aliphatic rings. The summed E-state index contributed by atoms with van der Waals surface area (Å²) in [5.41, 5.74) is 3.01. The number of nitrogens with one attached hydrogen (secondary N) is 1. The van der Waals surface area contributed by atoms with Gasteiger partial charge in [-0.3, -0.25) is 9.36 Å². The van der Waals surface area contributed by atoms with E-state index in [0.29, 0.717) is 28.0 Å². The van der Waals surface area contributed by atoms with E-state index >= 15 is 0 Å². The van der Waals surface area contributed by atoms with E-state index < -0.39 is 6.43 Å². The topological polar surface area (TPSA) is 59.8 Å². The minimum atomic E-state index is -2.53. The number of halogens is 2. The Morgan fingerprint density at radius 3 is 2.42 bits per heavy atom. The number of hydrogen-bond acceptors (Lipinski definition) is 4. The Bertz CT molecular complexity index is 1300. The molecular formula is C24H22F2N4O. The second-order valence-corrected chi connectivity index (χ2v) is 7.48. The zero-order valence-corrected chi connectivity index (χ0v) is 17.4. The highest BCUT2D eigenvalue weighted by Gasteiger charge is 2.18. The van der Waals surface area contributed by atoms with Gasteiger partial charge in [-0.1, -0.05) is 48.5 Å². The SMILES string of the molecule is Cc1c(C(F)F)cccc1[C@@H](C)Nc1ncnc2c1cc(-c1ccccc1)c(=O)n2C. The molecule has 0 radical (unpaired) electrons. The van der Waals surface area contributed by atoms with Gasteiger partial charge < -0.3 is 5.32 Å². The van der Waals surface area contributed by atoms with Crippen molar-refractivity contribution in [1.82, 2.24) is 14.5 Å². The Balaban J connectivity index is 1.81. The predicted molar refractivity (Wildman–Crippen MR) is 118 cm³/mol. The number of alkyl halides is 2. The van der Waals surface area contributed by atoms with Gasteiger partial charge in [-0.05, 0) is 36.6 Å². The van der Waals surface area contributed by atoms with Crippen LogP contribution in [0, 0.1) is 6.92 Å². The van der Waals surface area contributed by atoms with E-state index in [0.717, 1.165) is 11.1 Å². The van der Waals surface area contributed by atoms with Gasteiger partial charge in [0.2, 0.25) is 0 Å². The van der Waals surface area contributed by atoms with E-state index in [2.05, 4.69) is 15.3 Å². The van der Waals surface area contributed by atoms with Crippen LogP contribution in [0.3, 0.4) is 0 Å². The summed E-state index contributed by atoms with van der Waals surface area (Å²) in [5, 5.41) is 4.00. The third kappa shape index (κ3) is 3.79. The van der Waals surface area contributed by atoms with Crippen LogP contribution >= 0.6 is 0 Å². The van der Waals surface area contributed by atoms with Gasteiger partial charge in [0.15, 0.2) is 0 Å². The number of fused-ring (bicyclic) bond motifs is 1. The summed E-state index contributed by atoms with van der Waals surface area (Å²) in [4.78, 5) is 21.6. The molecule has 4 rings (SSSR count). The molecule has 0 aliphatic heterocycles. The van der Waals surface area contributed by atoms with Crippen molar-refractivity contribution in [3.63, 3.8) is 0 Å². The first-order chi connectivity index (χ1) is 14.9. The molecule has 0 spiro atoms. The lowest BCUT2D eigenvalue weighted by Gasteiger charge is -2.20. The number of hydrogen-bond donors (Lipinski definition) is 1. The molecule has 7 heteroatoms. The standard InChI is InChI=1S/C24H22F2N4O/c1-14-17(10-7-11-18(14)21(25)26)15(2)29-22-20-12-19(16-8-5-4-6-9-16)24(31)30(3)23(20)28-13-27-22/h4-13,15,21H,1-3H3,(H,27,28,29)/t15-/m1/s1. The minimum absolute atomic E-state index is 0.0208. The van der Waals surface area contributed by atoms with Gasteiger partial charge in [0, 0.05) is 18.2 Å². The fraction of sp³-hybridized carbons (Fsp3) is 0.208. The van der Waals surface area contributed by atoms with E-state index in [9.17, 15) is 13.6 Å². The molecular weight excluding hydrogens is 398 g/mol. The second-order valence-electron chi connectivity index (χ2n) is 7.48. The van der Waals surface area contributed by atoms with Crippen molar-refractivity contribution in [2.45, 2.75) is 26.3 Å². The average Bonchev–Trinajstić information content (AvgIpc) is 2.77. The van der Waals surface area contributed by atoms with Crippen molar-refractivity contribution in [1.29, 1.82) is 0 Å². The maximum atomic E-state index is 13.3. The Hall–Kier alpha value is -3.61. The zero-order chi connectivity index (χ0) is 22.1. The largest absolute Gasteiger partial charge is 0.363 e. The molecule has 4 aromatic rings. The maximum absolute atomic E-state index is 13.3. The number of rotatable bonds is 5. The highest BCUT2D eigenvalue weighted by atomic mass is 19.3. The fourth-order valence-electron chi connectivity index (χ4n) is 3.87. The van der Waals surface area contributed by atoms with Crippen molar-refractivity contribution < 1.29 is 8.78 Å². The first-order valence-electron chi connectivity index (χ1n) is 9.92. The molecule has 5 nitrogen and oxygen atoms in total. The van der Waals surface area contributed by atoms with Crippen molar-refractivity contribution >= 4 is 16.9 Å². The van der Waals surface area contributed by atoms with Crippen LogP contribution in [0.15, 0.2) is 65.7 Å². The Morgan fingerprint density at radius 1 is 1.00 bits per heavy atom. The molecule has 2 aromatic carbocycles. The second kappa shape index (κ2) is 8.26. The number of nitrogens with zero attached hydrogens (tertiary/aromatic N) is 3. The van der Waals surface area contributed by atoms with Gasteiger partial charge in [-0.15, -0.1) is 0 Å². The zero-order valence-electron chi connectivity index (χ0n) is 17.4. The van der Waals surface area contributed by atoms with E-state index in [1.807, 2.05) is 43.3 Å². The van der Waals surface area contributed by atoms with Crippen molar-refractivity contribution in [2.75, 3.05) is 5.32 Å². The van der Waals surface area contributed by atoms with Gasteiger partial charge in [0.05, 0.1) is 11.4 Å². The Morgan fingerprint density at radius 2 is 1.71 bits per heavy atom. The van der Waals surface area contributed by atoms with Crippen LogP contribution in [0.25, 0.3) is 22.2 Å². The van der Waals surface area contributed by atoms with Gasteiger partial charge >= 0.3 is 0 Å². The van der Waals surface area contributed by atoms with Crippen LogP contribution in [-0.2, 0) is 7.05 Å². The molecule has 0 aliphatic carbocycles. The summed E-state index contributed by atoms with van der Waals surface area (Å²) in [6.07, 6.45) is -1.14. The lowest BCUT2D eigenvalue weighted by Crippen LogP contribution is -2.20. The molecule has 0 saturated heterocycles. The fourth-order valence-corrected chi connectivity index (χ4v) is 3.87. The molecule has 0 fully saturated rings. The molecule has 31 heavy (non-hydrogen) atoms. The summed E-state index contributed by atoms with van der Waals surface area (Å²) in [6.45, 7) is 3.59. The highest BCUT2D eigenvalue weighted by Crippen LogP contribution is 2.31. The molecule has 158 valence electrons. The average molecular weight is 420 g/mol. The van der Waals surface area contributed by atoms with Gasteiger partial charge in [-0.25, -0.2) is 18.7 Å². The number of aromatic nitrogens is 3. The van der Waals surface area contributed by atoms with Crippen LogP contribution in [0.2, 0.25) is 0 Å². The predicted octanol–water partition coefficient (Wildman–Crippen LogP) is 5.41. The summed E-state index contributed by atoms with van der Waals surface area (Å²) < 4.78 is 28.1. The van der Waals surface area contributed by atoms with Gasteiger partial charge in [-0.2, -0.15) is 0 Å². The smallest absolute Gasteiger partial charge is 0.264 e. The van der Waals surface area contributed by atoms with E-state index in [4.69, 9.17) is 0 Å². The minimum Gasteiger partial charge on any atom is -0.363 e. The normalized spacial score (nSPS) is 12.3. The number of pyridine rings is 1. The van der Waals surface area contributed by atoms with Crippen molar-refractivity contribution in [2.24, 2.45) is 7.05 Å². The van der Waals surface area contributed by atoms with Crippen LogP contribution in [0.5, 0.6) is 0 Å². The van der Waals surface area contributed by atoms with Gasteiger partial charge in [0.25, 0.3) is 12.0 Å². The third-order valence-corrected chi connectivity index (χ3v) is 5.56. The maximum Gasteiger partial charge on any atom is 0.264 e. The monoisotopic (exact) mass is 420 g/mol. The Labute approximate surface area is 178 Å². The van der Waals surface area contributed by atoms with Crippen molar-refractivity contribution in [3.8, 4) is 11.1 Å². The third-order valence-electron chi connectivity index (χ3n) is 5.56. The highest BCUT2D eigenvalue weighted by molar-refractivity contribution is 5.90. The van der Waals surface area contributed by atoms with E-state index in [1.54, 1.807) is 26.1 Å². The molecule has 1 atom stereocenters. The van der Waals surface area contributed by atoms with E-state index in [-0.39, 0.29) is 17.2 Å². The summed E-state index contributed by atoms with van der Waals surface area (Å²) in [5.74, 6) is 0.534. The molecule has 2 heterocycles. The summed E-state index contributed by atoms with van der Waals surface area (Å²) in [6, 6.07) is 15.8. The van der Waals surface area contributed by atoms with Crippen LogP contribution in [0.1, 0.15) is 36.1 Å². The van der Waals surface area contributed by atoms with Crippen molar-refractivity contribution in [3.05, 3.63) is 88.0 Å². The number of aryl methyl sites for hydroxylation is 1. The molecule has 0 amide bonds. The first kappa shape index (κ1) is 20.7. The lowest BCUT2D eigenvalue weighted by atomic mass is 9.97. The number of benzene rings is 2. The van der Waals surface area contributed by atoms with E-state index in [1.165, 1.54) is 17.0 Å². The molecule has 2 aromatic heterocycles. The van der Waals surface area contributed by atoms with Crippen LogP contribution in [-0.4, -0.2) is 14.5 Å². The lowest BCUT2D eigenvalue weighted by molar-refractivity contribution is 0.150. The Kier molecular flexibility index (Phi) is 5.50. The summed E-state index contributed by atoms with van der Waals surface area (Å²) in [7, 11) is 1.67. The number of anilines is 1. The molecule has 0 bridgehead atoms.